The number of carboxylic acids is 1. The molecule has 27 heteroatoms. The Hall–Kier alpha value is -4.59. The summed E-state index contributed by atoms with van der Waals surface area (Å²) in [5.41, 5.74) is -32.3. The zero-order chi connectivity index (χ0) is 49.8. The highest BCUT2D eigenvalue weighted by molar-refractivity contribution is 5.90. The summed E-state index contributed by atoms with van der Waals surface area (Å²) in [6, 6.07) is -1.87. The number of hydrogen-bond acceptors (Lipinski definition) is 6. The highest BCUT2D eigenvalue weighted by Gasteiger charge is 2.87. The molecule has 0 aliphatic heterocycles. The molecule has 0 saturated heterocycles. The monoisotopic (exact) mass is 956 g/mol. The molecule has 2 N–H and O–H groups in total. The van der Waals surface area contributed by atoms with E-state index in [9.17, 15) is 77.3 Å². The minimum absolute atomic E-state index is 0.00787. The predicted octanol–water partition coefficient (Wildman–Crippen LogP) is 11.6. The molecule has 4 atom stereocenters. The molecule has 0 spiro atoms. The lowest BCUT2D eigenvalue weighted by molar-refractivity contribution is -0.391. The first-order chi connectivity index (χ1) is 27.8. The van der Waals surface area contributed by atoms with Gasteiger partial charge in [0.1, 0.15) is 5.60 Å². The smallest absolute Gasteiger partial charge is 0.434 e. The molecule has 2 aromatic carbocycles. The third-order valence-corrected chi connectivity index (χ3v) is 9.88. The first-order valence-corrected chi connectivity index (χ1v) is 17.2. The third kappa shape index (κ3) is 9.90. The van der Waals surface area contributed by atoms with E-state index in [-0.39, 0.29) is 50.2 Å². The van der Waals surface area contributed by atoms with Gasteiger partial charge in [0.2, 0.25) is 5.41 Å². The van der Waals surface area contributed by atoms with Crippen LogP contribution in [0.2, 0.25) is 0 Å². The summed E-state index contributed by atoms with van der Waals surface area (Å²) >= 11 is 0. The number of aliphatic carboxylic acids is 1. The second kappa shape index (κ2) is 16.8. The zero-order valence-electron chi connectivity index (χ0n) is 32.3. The average Bonchev–Trinajstić information content (AvgIpc) is 3.07. The summed E-state index contributed by atoms with van der Waals surface area (Å²) in [5.74, 6) is -20.0. The fourth-order valence-corrected chi connectivity index (χ4v) is 6.25. The van der Waals surface area contributed by atoms with Crippen LogP contribution in [-0.2, 0) is 30.8 Å². The number of esters is 2. The molecule has 4 unspecified atom stereocenters. The van der Waals surface area contributed by atoms with Crippen LogP contribution in [0, 0.1) is 10.8 Å². The Labute approximate surface area is 341 Å². The molecule has 7 nitrogen and oxygen atoms in total. The number of aliphatic hydroxyl groups is 1. The molecule has 0 radical (unpaired) electrons. The maximum atomic E-state index is 17.4. The molecule has 0 heterocycles. The van der Waals surface area contributed by atoms with Crippen LogP contribution >= 0.6 is 0 Å². The molecule has 2 rings (SSSR count). The quantitative estimate of drug-likeness (QED) is 0.152. The minimum Gasteiger partial charge on any atom is -0.481 e. The average molecular weight is 957 g/mol. The van der Waals surface area contributed by atoms with Gasteiger partial charge in [-0.25, -0.2) is 13.6 Å². The highest BCUT2D eigenvalue weighted by Crippen LogP contribution is 2.64. The van der Waals surface area contributed by atoms with Crippen LogP contribution < -0.4 is 0 Å². The van der Waals surface area contributed by atoms with Crippen molar-refractivity contribution in [2.75, 3.05) is 0 Å². The van der Waals surface area contributed by atoms with Crippen molar-refractivity contribution in [1.82, 2.24) is 0 Å². The number of benzene rings is 2. The van der Waals surface area contributed by atoms with E-state index in [1.165, 1.54) is 0 Å². The van der Waals surface area contributed by atoms with Crippen LogP contribution in [0.3, 0.4) is 0 Å². The van der Waals surface area contributed by atoms with Crippen molar-refractivity contribution in [3.05, 3.63) is 70.8 Å². The molecule has 0 saturated carbocycles. The van der Waals surface area contributed by atoms with Gasteiger partial charge in [0, 0.05) is 12.0 Å². The normalized spacial score (nSPS) is 17.5. The number of carbonyl (C=O) groups is 3. The lowest BCUT2D eigenvalue weighted by atomic mass is 9.65. The van der Waals surface area contributed by atoms with Gasteiger partial charge < -0.3 is 19.7 Å². The number of carbonyl (C=O) groups excluding carboxylic acids is 2. The number of alkyl halides is 20. The Bertz CT molecular complexity index is 1940. The summed E-state index contributed by atoms with van der Waals surface area (Å²) in [6.07, 6.45) is -47.7. The Morgan fingerprint density at radius 2 is 1.00 bits per heavy atom. The van der Waals surface area contributed by atoms with Crippen LogP contribution in [0.25, 0.3) is 0 Å². The fourth-order valence-electron chi connectivity index (χ4n) is 6.25. The topological polar surface area (TPSA) is 110 Å². The van der Waals surface area contributed by atoms with Crippen molar-refractivity contribution >= 4 is 17.9 Å². The van der Waals surface area contributed by atoms with Crippen molar-refractivity contribution in [2.24, 2.45) is 10.8 Å². The molecule has 63 heavy (non-hydrogen) atoms. The Morgan fingerprint density at radius 1 is 0.571 bits per heavy atom. The molecule has 2 aromatic rings. The molecule has 0 aliphatic rings. The van der Waals surface area contributed by atoms with Crippen molar-refractivity contribution in [2.45, 2.75) is 120 Å². The molecular formula is C36H32F20O7. The maximum absolute atomic E-state index is 17.4. The molecule has 0 amide bonds. The van der Waals surface area contributed by atoms with Crippen molar-refractivity contribution in [3.8, 4) is 0 Å². The van der Waals surface area contributed by atoms with Crippen LogP contribution in [0.4, 0.5) is 87.8 Å². The number of ether oxygens (including phenoxy) is 2. The van der Waals surface area contributed by atoms with Gasteiger partial charge in [-0.05, 0) is 76.3 Å². The highest BCUT2D eigenvalue weighted by atomic mass is 19.4. The van der Waals surface area contributed by atoms with E-state index in [2.05, 4.69) is 9.47 Å². The van der Waals surface area contributed by atoms with Crippen LogP contribution in [0.15, 0.2) is 48.5 Å². The van der Waals surface area contributed by atoms with Crippen molar-refractivity contribution in [3.63, 3.8) is 0 Å². The summed E-state index contributed by atoms with van der Waals surface area (Å²) in [6.45, 7) is 1.79. The molecule has 0 bridgehead atoms. The van der Waals surface area contributed by atoms with E-state index >= 15 is 35.1 Å². The Morgan fingerprint density at radius 3 is 1.32 bits per heavy atom. The van der Waals surface area contributed by atoms with Gasteiger partial charge in [-0.3, -0.25) is 9.59 Å². The zero-order valence-corrected chi connectivity index (χ0v) is 32.3. The van der Waals surface area contributed by atoms with Gasteiger partial charge in [-0.2, -0.15) is 79.0 Å². The maximum Gasteiger partial charge on any atom is 0.434 e. The summed E-state index contributed by atoms with van der Waals surface area (Å²) in [7, 11) is 0. The van der Waals surface area contributed by atoms with Crippen molar-refractivity contribution in [1.29, 1.82) is 0 Å². The van der Waals surface area contributed by atoms with E-state index in [1.54, 1.807) is 0 Å². The van der Waals surface area contributed by atoms with Gasteiger partial charge in [0.15, 0.2) is 5.41 Å². The van der Waals surface area contributed by atoms with Gasteiger partial charge in [0.25, 0.3) is 11.2 Å². The summed E-state index contributed by atoms with van der Waals surface area (Å²) in [4.78, 5) is 38.7. The lowest BCUT2D eigenvalue weighted by Gasteiger charge is -2.50. The van der Waals surface area contributed by atoms with E-state index < -0.39 is 148 Å². The molecule has 358 valence electrons. The summed E-state index contributed by atoms with van der Waals surface area (Å²) < 4.78 is 301. The van der Waals surface area contributed by atoms with Gasteiger partial charge in [-0.15, -0.1) is 0 Å². The lowest BCUT2D eigenvalue weighted by Crippen LogP contribution is -2.73. The molecular weight excluding hydrogens is 924 g/mol. The SMILES string of the molecule is CCC(C(=O)OC(C)(C)C)(C(F)(F)F)C(F)(F)C(CC(CC(C)(C(=O)O)C(F)(F)F)c1ccc(C(O)(C(F)(F)F)C(F)(F)F)cc1)(OC(=O)c1ccc(C(F)(F)F)cc1)C(F)(F)F. The second-order valence-electron chi connectivity index (χ2n) is 15.2. The molecule has 0 aromatic heterocycles. The van der Waals surface area contributed by atoms with E-state index in [0.717, 1.165) is 0 Å². The standard InChI is InChI=1S/C36H32F20O7/c1-6-27(33(45,46)47,24(60)63-25(2,3)4)31(40,41)28(34(48,49)50,62-22(57)18-9-13-21(14-10-18)30(37,38)39)16-19(15-26(5,23(58)59)32(42,43)44)17-7-11-20(12-8-17)29(61,35(51,52)53)36(54,55)56/h7-14,19,61H,6,15-16H2,1-5H3,(H,58,59). The third-order valence-electron chi connectivity index (χ3n) is 9.88. The fraction of sp³-hybridized carbons (Fsp3) is 0.583. The number of hydrogen-bond donors (Lipinski definition) is 2. The van der Waals surface area contributed by atoms with Crippen molar-refractivity contribution < 1.29 is 122 Å². The van der Waals surface area contributed by atoms with E-state index in [1.807, 2.05) is 0 Å². The Balaban J connectivity index is 3.35. The largest absolute Gasteiger partial charge is 0.481 e. The second-order valence-corrected chi connectivity index (χ2v) is 15.2. The van der Waals surface area contributed by atoms with Gasteiger partial charge >= 0.3 is 60.9 Å². The minimum atomic E-state index is -7.35. The van der Waals surface area contributed by atoms with Crippen LogP contribution in [0.5, 0.6) is 0 Å². The first-order valence-electron chi connectivity index (χ1n) is 17.2. The first kappa shape index (κ1) is 54.5. The molecule has 0 aliphatic carbocycles. The van der Waals surface area contributed by atoms with E-state index in [4.69, 9.17) is 0 Å². The number of rotatable bonds is 13. The Kier molecular flexibility index (Phi) is 14.5. The summed E-state index contributed by atoms with van der Waals surface area (Å²) in [5, 5.41) is 19.3. The van der Waals surface area contributed by atoms with Crippen LogP contribution in [-0.4, -0.2) is 76.1 Å². The van der Waals surface area contributed by atoms with E-state index in [0.29, 0.717) is 20.8 Å². The molecule has 0 fully saturated rings. The van der Waals surface area contributed by atoms with Gasteiger partial charge in [-0.1, -0.05) is 31.2 Å². The number of carboxylic acid groups (broad SMARTS) is 1. The number of halogens is 20. The van der Waals surface area contributed by atoms with Gasteiger partial charge in [0.05, 0.1) is 11.1 Å². The van der Waals surface area contributed by atoms with Crippen LogP contribution in [0.1, 0.15) is 86.8 Å². The predicted molar refractivity (Wildman–Crippen MR) is 171 cm³/mol.